The molecule has 0 N–H and O–H groups in total. The maximum atomic E-state index is 12.5. The molecule has 0 spiro atoms. The first-order valence-corrected chi connectivity index (χ1v) is 8.35. The minimum Gasteiger partial charge on any atom is -0.342 e. The van der Waals surface area contributed by atoms with E-state index in [9.17, 15) is 9.59 Å². The SMILES string of the molecule is Cn1ccnc1C(=O)[C@H]1CCCN(C(=O)Cc2cccs2)C1. The van der Waals surface area contributed by atoms with Gasteiger partial charge in [0.15, 0.2) is 5.82 Å². The number of piperidine rings is 1. The third-order valence-corrected chi connectivity index (χ3v) is 4.97. The van der Waals surface area contributed by atoms with Gasteiger partial charge in [-0.25, -0.2) is 4.98 Å². The minimum atomic E-state index is -0.137. The normalized spacial score (nSPS) is 18.4. The Balaban J connectivity index is 1.65. The van der Waals surface area contributed by atoms with E-state index < -0.39 is 0 Å². The molecule has 1 amide bonds. The third kappa shape index (κ3) is 3.11. The summed E-state index contributed by atoms with van der Waals surface area (Å²) in [5.74, 6) is 0.501. The number of thiophene rings is 1. The van der Waals surface area contributed by atoms with Crippen LogP contribution in [0.4, 0.5) is 0 Å². The molecule has 0 unspecified atom stereocenters. The first kappa shape index (κ1) is 15.0. The summed E-state index contributed by atoms with van der Waals surface area (Å²) in [4.78, 5) is 32.0. The highest BCUT2D eigenvalue weighted by Gasteiger charge is 2.30. The topological polar surface area (TPSA) is 55.2 Å². The van der Waals surface area contributed by atoms with Crippen molar-refractivity contribution >= 4 is 23.0 Å². The molecule has 0 bridgehead atoms. The average Bonchev–Trinajstić information content (AvgIpc) is 3.18. The fourth-order valence-electron chi connectivity index (χ4n) is 2.88. The van der Waals surface area contributed by atoms with Crippen LogP contribution >= 0.6 is 11.3 Å². The number of hydrogen-bond acceptors (Lipinski definition) is 4. The fraction of sp³-hybridized carbons (Fsp3) is 0.438. The quantitative estimate of drug-likeness (QED) is 0.812. The van der Waals surface area contributed by atoms with Crippen molar-refractivity contribution in [2.75, 3.05) is 13.1 Å². The van der Waals surface area contributed by atoms with E-state index in [4.69, 9.17) is 0 Å². The van der Waals surface area contributed by atoms with Gasteiger partial charge in [-0.1, -0.05) is 6.07 Å². The smallest absolute Gasteiger partial charge is 0.227 e. The Bertz CT molecular complexity index is 663. The number of hydrogen-bond donors (Lipinski definition) is 0. The summed E-state index contributed by atoms with van der Waals surface area (Å²) in [6, 6.07) is 3.93. The number of likely N-dealkylation sites (tertiary alicyclic amines) is 1. The lowest BCUT2D eigenvalue weighted by atomic mass is 9.93. The molecular formula is C16H19N3O2S. The largest absolute Gasteiger partial charge is 0.342 e. The van der Waals surface area contributed by atoms with E-state index >= 15 is 0 Å². The van der Waals surface area contributed by atoms with E-state index in [2.05, 4.69) is 4.98 Å². The second-order valence-electron chi connectivity index (χ2n) is 5.66. The monoisotopic (exact) mass is 317 g/mol. The lowest BCUT2D eigenvalue weighted by molar-refractivity contribution is -0.131. The number of aryl methyl sites for hydroxylation is 1. The van der Waals surface area contributed by atoms with Gasteiger partial charge in [0.05, 0.1) is 6.42 Å². The number of nitrogens with zero attached hydrogens (tertiary/aromatic N) is 3. The van der Waals surface area contributed by atoms with Crippen molar-refractivity contribution in [2.45, 2.75) is 19.3 Å². The lowest BCUT2D eigenvalue weighted by Gasteiger charge is -2.31. The lowest BCUT2D eigenvalue weighted by Crippen LogP contribution is -2.43. The molecule has 0 saturated carbocycles. The van der Waals surface area contributed by atoms with Crippen molar-refractivity contribution in [3.05, 3.63) is 40.6 Å². The first-order valence-electron chi connectivity index (χ1n) is 7.47. The summed E-state index contributed by atoms with van der Waals surface area (Å²) in [5.41, 5.74) is 0. The van der Waals surface area contributed by atoms with E-state index in [1.165, 1.54) is 0 Å². The average molecular weight is 317 g/mol. The van der Waals surface area contributed by atoms with Gasteiger partial charge >= 0.3 is 0 Å². The summed E-state index contributed by atoms with van der Waals surface area (Å²) in [6.45, 7) is 1.25. The molecule has 5 nitrogen and oxygen atoms in total. The van der Waals surface area contributed by atoms with Crippen LogP contribution in [0.2, 0.25) is 0 Å². The molecule has 1 atom stereocenters. The van der Waals surface area contributed by atoms with Crippen molar-refractivity contribution in [2.24, 2.45) is 13.0 Å². The van der Waals surface area contributed by atoms with Gasteiger partial charge in [0.1, 0.15) is 0 Å². The number of carbonyl (C=O) groups is 2. The van der Waals surface area contributed by atoms with E-state index in [1.807, 2.05) is 29.5 Å². The van der Waals surface area contributed by atoms with Gasteiger partial charge in [-0.05, 0) is 24.3 Å². The number of carbonyl (C=O) groups excluding carboxylic acids is 2. The highest BCUT2D eigenvalue weighted by molar-refractivity contribution is 7.10. The van der Waals surface area contributed by atoms with Crippen LogP contribution in [0, 0.1) is 5.92 Å². The van der Waals surface area contributed by atoms with Crippen LogP contribution < -0.4 is 0 Å². The predicted molar refractivity (Wildman–Crippen MR) is 84.9 cm³/mol. The molecule has 22 heavy (non-hydrogen) atoms. The number of amides is 1. The number of aromatic nitrogens is 2. The molecule has 1 fully saturated rings. The van der Waals surface area contributed by atoms with Gasteiger partial charge in [0.2, 0.25) is 11.7 Å². The molecule has 1 aliphatic rings. The molecule has 2 aromatic rings. The Morgan fingerprint density at radius 2 is 2.32 bits per heavy atom. The van der Waals surface area contributed by atoms with Crippen LogP contribution in [0.25, 0.3) is 0 Å². The summed E-state index contributed by atoms with van der Waals surface area (Å²) in [7, 11) is 1.82. The van der Waals surface area contributed by atoms with Gasteiger partial charge in [-0.3, -0.25) is 9.59 Å². The van der Waals surface area contributed by atoms with Crippen LogP contribution in [0.3, 0.4) is 0 Å². The van der Waals surface area contributed by atoms with Crippen molar-refractivity contribution in [3.8, 4) is 0 Å². The van der Waals surface area contributed by atoms with Gasteiger partial charge in [0.25, 0.3) is 0 Å². The van der Waals surface area contributed by atoms with Crippen LogP contribution in [-0.4, -0.2) is 39.2 Å². The molecule has 0 aliphatic carbocycles. The van der Waals surface area contributed by atoms with Crippen molar-refractivity contribution in [1.82, 2.24) is 14.5 Å². The van der Waals surface area contributed by atoms with E-state index in [0.29, 0.717) is 18.8 Å². The highest BCUT2D eigenvalue weighted by Crippen LogP contribution is 2.21. The zero-order valence-electron chi connectivity index (χ0n) is 12.6. The Morgan fingerprint density at radius 1 is 1.45 bits per heavy atom. The summed E-state index contributed by atoms with van der Waals surface area (Å²) in [6.07, 6.45) is 5.54. The van der Waals surface area contributed by atoms with E-state index in [0.717, 1.165) is 24.3 Å². The molecule has 0 aromatic carbocycles. The minimum absolute atomic E-state index is 0.0427. The van der Waals surface area contributed by atoms with Crippen LogP contribution in [0.1, 0.15) is 28.3 Å². The predicted octanol–water partition coefficient (Wildman–Crippen LogP) is 2.15. The highest BCUT2D eigenvalue weighted by atomic mass is 32.1. The van der Waals surface area contributed by atoms with Crippen LogP contribution in [0.5, 0.6) is 0 Å². The van der Waals surface area contributed by atoms with Gasteiger partial charge in [0, 0.05) is 43.3 Å². The number of ketones is 1. The summed E-state index contributed by atoms with van der Waals surface area (Å²) < 4.78 is 1.74. The maximum absolute atomic E-state index is 12.5. The van der Waals surface area contributed by atoms with Crippen LogP contribution in [0.15, 0.2) is 29.9 Å². The van der Waals surface area contributed by atoms with Gasteiger partial charge in [-0.15, -0.1) is 11.3 Å². The molecular weight excluding hydrogens is 298 g/mol. The second-order valence-corrected chi connectivity index (χ2v) is 6.69. The van der Waals surface area contributed by atoms with E-state index in [1.54, 1.807) is 28.3 Å². The number of rotatable bonds is 4. The molecule has 116 valence electrons. The Labute approximate surface area is 133 Å². The second kappa shape index (κ2) is 6.44. The zero-order chi connectivity index (χ0) is 15.5. The molecule has 0 radical (unpaired) electrons. The standard InChI is InChI=1S/C16H19N3O2S/c1-18-8-6-17-16(18)15(21)12-4-2-7-19(11-12)14(20)10-13-5-3-9-22-13/h3,5-6,8-9,12H,2,4,7,10-11H2,1H3/t12-/m0/s1. The van der Waals surface area contributed by atoms with Crippen molar-refractivity contribution < 1.29 is 9.59 Å². The fourth-order valence-corrected chi connectivity index (χ4v) is 3.57. The number of imidazole rings is 1. The molecule has 3 heterocycles. The Kier molecular flexibility index (Phi) is 4.38. The summed E-state index contributed by atoms with van der Waals surface area (Å²) >= 11 is 1.59. The Morgan fingerprint density at radius 3 is 3.00 bits per heavy atom. The van der Waals surface area contributed by atoms with Crippen molar-refractivity contribution in [1.29, 1.82) is 0 Å². The zero-order valence-corrected chi connectivity index (χ0v) is 13.4. The molecule has 6 heteroatoms. The Hall–Kier alpha value is -1.95. The first-order chi connectivity index (χ1) is 10.6. The van der Waals surface area contributed by atoms with Crippen molar-refractivity contribution in [3.63, 3.8) is 0 Å². The molecule has 1 aliphatic heterocycles. The van der Waals surface area contributed by atoms with Crippen LogP contribution in [-0.2, 0) is 18.3 Å². The summed E-state index contributed by atoms with van der Waals surface area (Å²) in [5, 5.41) is 1.98. The molecule has 3 rings (SSSR count). The van der Waals surface area contributed by atoms with Gasteiger partial charge in [-0.2, -0.15) is 0 Å². The number of Topliss-reactive ketones (excluding diaryl/α,β-unsaturated/α-hetero) is 1. The van der Waals surface area contributed by atoms with E-state index in [-0.39, 0.29) is 17.6 Å². The third-order valence-electron chi connectivity index (χ3n) is 4.09. The molecule has 2 aromatic heterocycles. The van der Waals surface area contributed by atoms with Gasteiger partial charge < -0.3 is 9.47 Å². The molecule has 1 saturated heterocycles. The maximum Gasteiger partial charge on any atom is 0.227 e.